The summed E-state index contributed by atoms with van der Waals surface area (Å²) in [4.78, 5) is 16.9. The third kappa shape index (κ3) is 6.40. The summed E-state index contributed by atoms with van der Waals surface area (Å²) in [6.07, 6.45) is 2.99. The number of hydrogen-bond donors (Lipinski definition) is 0. The maximum absolute atomic E-state index is 13.7. The Hall–Kier alpha value is -2.74. The van der Waals surface area contributed by atoms with Gasteiger partial charge in [0, 0.05) is 23.4 Å². The molecule has 0 saturated heterocycles. The number of nitrogens with zero attached hydrogens (tertiary/aromatic N) is 2. The Morgan fingerprint density at radius 2 is 1.78 bits per heavy atom. The molecule has 0 N–H and O–H groups in total. The minimum Gasteiger partial charge on any atom is -0.330 e. The minimum atomic E-state index is -3.76. The van der Waals surface area contributed by atoms with Crippen molar-refractivity contribution in [3.05, 3.63) is 98.6 Å². The fourth-order valence-corrected chi connectivity index (χ4v) is 6.84. The van der Waals surface area contributed by atoms with Crippen LogP contribution in [0.2, 0.25) is 0 Å². The summed E-state index contributed by atoms with van der Waals surface area (Å²) in [6, 6.07) is 19.7. The van der Waals surface area contributed by atoms with Gasteiger partial charge in [-0.2, -0.15) is 4.31 Å². The first-order chi connectivity index (χ1) is 17.6. The summed E-state index contributed by atoms with van der Waals surface area (Å²) in [5.74, 6) is -0.174. The van der Waals surface area contributed by atoms with E-state index in [1.165, 1.54) is 20.2 Å². The highest BCUT2D eigenvalue weighted by atomic mass is 32.2. The van der Waals surface area contributed by atoms with E-state index in [9.17, 15) is 13.2 Å². The van der Waals surface area contributed by atoms with E-state index in [4.69, 9.17) is 0 Å². The second-order valence-corrected chi connectivity index (χ2v) is 13.3. The van der Waals surface area contributed by atoms with Crippen LogP contribution in [0.25, 0.3) is 6.08 Å². The van der Waals surface area contributed by atoms with Crippen LogP contribution in [0.3, 0.4) is 0 Å². The van der Waals surface area contributed by atoms with Crippen LogP contribution in [0.4, 0.5) is 0 Å². The highest BCUT2D eigenvalue weighted by Gasteiger charge is 2.34. The smallest absolute Gasteiger partial charge is 0.238 e. The Bertz CT molecular complexity index is 1340. The van der Waals surface area contributed by atoms with Gasteiger partial charge in [-0.15, -0.1) is 11.3 Å². The molecule has 0 aliphatic carbocycles. The van der Waals surface area contributed by atoms with Crippen LogP contribution >= 0.6 is 11.3 Å². The van der Waals surface area contributed by atoms with Gasteiger partial charge in [-0.3, -0.25) is 4.79 Å². The van der Waals surface area contributed by atoms with Crippen molar-refractivity contribution < 1.29 is 13.2 Å². The van der Waals surface area contributed by atoms with Crippen LogP contribution in [0.1, 0.15) is 67.3 Å². The molecule has 1 atom stereocenters. The maximum atomic E-state index is 13.7. The number of fused-ring (bicyclic) bond motifs is 1. The Labute approximate surface area is 225 Å². The lowest BCUT2D eigenvalue weighted by Crippen LogP contribution is -2.46. The number of thiophene rings is 1. The molecule has 196 valence electrons. The van der Waals surface area contributed by atoms with Crippen molar-refractivity contribution in [1.29, 1.82) is 0 Å². The first-order valence-corrected chi connectivity index (χ1v) is 15.2. The predicted molar refractivity (Wildman–Crippen MR) is 153 cm³/mol. The molecule has 1 aromatic heterocycles. The van der Waals surface area contributed by atoms with Gasteiger partial charge in [-0.05, 0) is 58.0 Å². The summed E-state index contributed by atoms with van der Waals surface area (Å²) in [7, 11) is -3.76. The van der Waals surface area contributed by atoms with Gasteiger partial charge in [0.1, 0.15) is 0 Å². The number of amides is 1. The van der Waals surface area contributed by atoms with Crippen molar-refractivity contribution in [2.45, 2.75) is 52.0 Å². The summed E-state index contributed by atoms with van der Waals surface area (Å²) < 4.78 is 27.7. The Morgan fingerprint density at radius 3 is 2.43 bits per heavy atom. The van der Waals surface area contributed by atoms with Crippen molar-refractivity contribution in [3.8, 4) is 0 Å². The van der Waals surface area contributed by atoms with E-state index < -0.39 is 10.0 Å². The molecule has 1 unspecified atom stereocenters. The largest absolute Gasteiger partial charge is 0.330 e. The van der Waals surface area contributed by atoms with Gasteiger partial charge < -0.3 is 4.90 Å². The predicted octanol–water partition coefficient (Wildman–Crippen LogP) is 6.23. The normalized spacial score (nSPS) is 16.4. The molecule has 0 bridgehead atoms. The van der Waals surface area contributed by atoms with Crippen molar-refractivity contribution in [3.63, 3.8) is 0 Å². The molecule has 37 heavy (non-hydrogen) atoms. The zero-order valence-electron chi connectivity index (χ0n) is 22.1. The van der Waals surface area contributed by atoms with Gasteiger partial charge in [0.2, 0.25) is 15.9 Å². The van der Waals surface area contributed by atoms with Crippen LogP contribution in [0.5, 0.6) is 0 Å². The van der Waals surface area contributed by atoms with Gasteiger partial charge in [0.25, 0.3) is 0 Å². The fraction of sp³-hybridized carbons (Fsp3) is 0.367. The lowest BCUT2D eigenvalue weighted by atomic mass is 9.85. The quantitative estimate of drug-likeness (QED) is 0.343. The molecule has 1 aliphatic heterocycles. The van der Waals surface area contributed by atoms with Crippen molar-refractivity contribution in [1.82, 2.24) is 9.21 Å². The van der Waals surface area contributed by atoms with Crippen LogP contribution in [0, 0.1) is 0 Å². The van der Waals surface area contributed by atoms with Crippen LogP contribution < -0.4 is 0 Å². The second-order valence-electron chi connectivity index (χ2n) is 10.5. The van der Waals surface area contributed by atoms with E-state index in [2.05, 4.69) is 56.5 Å². The zero-order valence-corrected chi connectivity index (χ0v) is 23.7. The molecule has 1 amide bonds. The average molecular weight is 537 g/mol. The second kappa shape index (κ2) is 11.3. The van der Waals surface area contributed by atoms with Crippen molar-refractivity contribution in [2.24, 2.45) is 0 Å². The van der Waals surface area contributed by atoms with Crippen LogP contribution in [-0.2, 0) is 26.7 Å². The van der Waals surface area contributed by atoms with E-state index in [0.29, 0.717) is 13.0 Å². The Kier molecular flexibility index (Phi) is 8.36. The first-order valence-electron chi connectivity index (χ1n) is 12.8. The minimum absolute atomic E-state index is 0.0381. The molecule has 3 aromatic rings. The first kappa shape index (κ1) is 27.3. The summed E-state index contributed by atoms with van der Waals surface area (Å²) in [5.41, 5.74) is 4.27. The molecular formula is C30H36N2O3S2. The van der Waals surface area contributed by atoms with Crippen LogP contribution in [0.15, 0.2) is 71.5 Å². The van der Waals surface area contributed by atoms with Gasteiger partial charge in [-0.25, -0.2) is 8.42 Å². The van der Waals surface area contributed by atoms with Gasteiger partial charge in [-0.1, -0.05) is 82.3 Å². The van der Waals surface area contributed by atoms with E-state index in [0.717, 1.165) is 23.1 Å². The highest BCUT2D eigenvalue weighted by Crippen LogP contribution is 2.38. The van der Waals surface area contributed by atoms with Crippen molar-refractivity contribution >= 4 is 33.3 Å². The molecule has 2 aromatic carbocycles. The summed E-state index contributed by atoms with van der Waals surface area (Å²) in [5, 5.41) is 3.29. The van der Waals surface area contributed by atoms with E-state index in [1.54, 1.807) is 17.4 Å². The molecule has 0 fully saturated rings. The lowest BCUT2D eigenvalue weighted by molar-refractivity contribution is -0.133. The van der Waals surface area contributed by atoms with E-state index >= 15 is 0 Å². The molecule has 7 heteroatoms. The monoisotopic (exact) mass is 536 g/mol. The molecule has 0 saturated carbocycles. The lowest BCUT2D eigenvalue weighted by Gasteiger charge is -2.37. The number of rotatable bonds is 8. The number of benzene rings is 2. The average Bonchev–Trinajstić information content (AvgIpc) is 3.36. The Balaban J connectivity index is 1.60. The number of carbonyl (C=O) groups is 1. The Morgan fingerprint density at radius 1 is 1.08 bits per heavy atom. The summed E-state index contributed by atoms with van der Waals surface area (Å²) in [6.45, 7) is 9.16. The SMILES string of the molecule is CCCN(CC(=O)N1CCc2sccc2C1c1ccc(C(C)(C)C)cc1)S(=O)(=O)/C=C/c1ccccc1. The topological polar surface area (TPSA) is 57.7 Å². The molecular weight excluding hydrogens is 500 g/mol. The summed E-state index contributed by atoms with van der Waals surface area (Å²) >= 11 is 1.72. The van der Waals surface area contributed by atoms with Gasteiger partial charge in [0.05, 0.1) is 12.6 Å². The molecule has 1 aliphatic rings. The molecule has 0 radical (unpaired) electrons. The van der Waals surface area contributed by atoms with Gasteiger partial charge in [0.15, 0.2) is 0 Å². The molecule has 2 heterocycles. The number of sulfonamides is 1. The molecule has 5 nitrogen and oxygen atoms in total. The molecule has 4 rings (SSSR count). The van der Waals surface area contributed by atoms with Crippen LogP contribution in [-0.4, -0.2) is 43.2 Å². The third-order valence-corrected chi connectivity index (χ3v) is 9.26. The fourth-order valence-electron chi connectivity index (χ4n) is 4.71. The van der Waals surface area contributed by atoms with Crippen molar-refractivity contribution in [2.75, 3.05) is 19.6 Å². The molecule has 0 spiro atoms. The highest BCUT2D eigenvalue weighted by molar-refractivity contribution is 7.92. The number of hydrogen-bond acceptors (Lipinski definition) is 4. The van der Waals surface area contributed by atoms with E-state index in [1.807, 2.05) is 42.2 Å². The standard InChI is InChI=1S/C30H36N2O3S2/c1-5-18-31(37(34,35)21-17-23-9-7-6-8-10-23)22-28(33)32-19-15-27-26(16-20-36-27)29(32)24-11-13-25(14-12-24)30(2,3)4/h6-14,16-17,20-21,29H,5,15,18-19,22H2,1-4H3/b21-17+. The van der Waals surface area contributed by atoms with E-state index in [-0.39, 0.29) is 30.5 Å². The zero-order chi connectivity index (χ0) is 26.6. The van der Waals surface area contributed by atoms with Gasteiger partial charge >= 0.3 is 0 Å². The number of carbonyl (C=O) groups excluding carboxylic acids is 1. The maximum Gasteiger partial charge on any atom is 0.238 e. The third-order valence-electron chi connectivity index (χ3n) is 6.76.